The van der Waals surface area contributed by atoms with E-state index >= 15 is 0 Å². The zero-order valence-electron chi connectivity index (χ0n) is 11.4. The van der Waals surface area contributed by atoms with Gasteiger partial charge in [-0.15, -0.1) is 0 Å². The Balaban J connectivity index is 2.57. The van der Waals surface area contributed by atoms with Crippen LogP contribution >= 0.6 is 0 Å². The van der Waals surface area contributed by atoms with Crippen molar-refractivity contribution in [3.05, 3.63) is 52.8 Å². The molecule has 2 aromatic rings. The quantitative estimate of drug-likeness (QED) is 0.865. The molecular weight excluding hydrogens is 254 g/mol. The van der Waals surface area contributed by atoms with Crippen molar-refractivity contribution in [3.63, 3.8) is 0 Å². The summed E-state index contributed by atoms with van der Waals surface area (Å²) in [6.45, 7) is 2.23. The van der Waals surface area contributed by atoms with Crippen molar-refractivity contribution in [1.29, 1.82) is 5.26 Å². The number of nitrogens with two attached hydrogens (primary N) is 1. The van der Waals surface area contributed by atoms with Crippen LogP contribution in [-0.2, 0) is 11.3 Å². The van der Waals surface area contributed by atoms with E-state index in [1.165, 1.54) is 7.11 Å². The fraction of sp³-hybridized carbons (Fsp3) is 0.200. The first-order valence-electron chi connectivity index (χ1n) is 6.11. The number of nitrogen functional groups attached to an aromatic ring is 1. The number of benzene rings is 1. The highest BCUT2D eigenvalue weighted by Gasteiger charge is 2.24. The monoisotopic (exact) mass is 269 g/mol. The van der Waals surface area contributed by atoms with Gasteiger partial charge in [0.05, 0.1) is 18.4 Å². The lowest BCUT2D eigenvalue weighted by Crippen LogP contribution is -2.14. The van der Waals surface area contributed by atoms with Gasteiger partial charge in [0.1, 0.15) is 6.07 Å². The second-order valence-electron chi connectivity index (χ2n) is 4.40. The van der Waals surface area contributed by atoms with E-state index < -0.39 is 5.97 Å². The minimum atomic E-state index is -0.539. The van der Waals surface area contributed by atoms with Gasteiger partial charge in [0.25, 0.3) is 0 Å². The van der Waals surface area contributed by atoms with E-state index in [1.807, 2.05) is 36.4 Å². The van der Waals surface area contributed by atoms with Crippen molar-refractivity contribution < 1.29 is 9.53 Å². The van der Waals surface area contributed by atoms with Gasteiger partial charge in [0.15, 0.2) is 5.69 Å². The van der Waals surface area contributed by atoms with Crippen LogP contribution in [0.15, 0.2) is 30.3 Å². The maximum atomic E-state index is 11.9. The molecule has 0 aliphatic heterocycles. The van der Waals surface area contributed by atoms with Crippen LogP contribution in [0.2, 0.25) is 0 Å². The van der Waals surface area contributed by atoms with E-state index in [1.54, 1.807) is 11.5 Å². The summed E-state index contributed by atoms with van der Waals surface area (Å²) in [5.41, 5.74) is 8.30. The molecule has 0 spiro atoms. The van der Waals surface area contributed by atoms with Crippen LogP contribution in [0.25, 0.3) is 0 Å². The van der Waals surface area contributed by atoms with Gasteiger partial charge in [-0.05, 0) is 12.5 Å². The Morgan fingerprint density at radius 1 is 1.40 bits per heavy atom. The van der Waals surface area contributed by atoms with E-state index in [0.717, 1.165) is 5.56 Å². The van der Waals surface area contributed by atoms with Gasteiger partial charge in [-0.3, -0.25) is 0 Å². The molecule has 102 valence electrons. The highest BCUT2D eigenvalue weighted by atomic mass is 16.5. The number of anilines is 1. The lowest BCUT2D eigenvalue weighted by atomic mass is 10.2. The van der Waals surface area contributed by atoms with Crippen LogP contribution in [0.3, 0.4) is 0 Å². The molecule has 1 heterocycles. The molecule has 0 radical (unpaired) electrons. The molecule has 5 nitrogen and oxygen atoms in total. The first-order valence-corrected chi connectivity index (χ1v) is 6.11. The summed E-state index contributed by atoms with van der Waals surface area (Å²) in [4.78, 5) is 11.9. The number of hydrogen-bond donors (Lipinski definition) is 1. The number of esters is 1. The summed E-state index contributed by atoms with van der Waals surface area (Å²) in [6.07, 6.45) is 0. The Morgan fingerprint density at radius 2 is 2.05 bits per heavy atom. The molecule has 0 aliphatic carbocycles. The van der Waals surface area contributed by atoms with E-state index in [4.69, 9.17) is 15.7 Å². The highest BCUT2D eigenvalue weighted by Crippen LogP contribution is 2.26. The molecule has 1 aromatic carbocycles. The number of nitrogens with zero attached hydrogens (tertiary/aromatic N) is 2. The Hall–Kier alpha value is -2.74. The normalized spacial score (nSPS) is 10.1. The minimum absolute atomic E-state index is 0.174. The molecule has 1 aromatic heterocycles. The van der Waals surface area contributed by atoms with Gasteiger partial charge < -0.3 is 15.0 Å². The molecule has 0 fully saturated rings. The third-order valence-corrected chi connectivity index (χ3v) is 3.24. The van der Waals surface area contributed by atoms with E-state index in [2.05, 4.69) is 0 Å². The molecule has 0 atom stereocenters. The van der Waals surface area contributed by atoms with Crippen molar-refractivity contribution in [2.45, 2.75) is 13.5 Å². The van der Waals surface area contributed by atoms with Crippen molar-refractivity contribution in [2.75, 3.05) is 12.8 Å². The molecule has 2 rings (SSSR count). The third kappa shape index (κ3) is 2.24. The molecule has 2 N–H and O–H groups in total. The number of carbonyl (C=O) groups excluding carboxylic acids is 1. The Morgan fingerprint density at radius 3 is 2.60 bits per heavy atom. The topological polar surface area (TPSA) is 81.0 Å². The number of nitriles is 1. The minimum Gasteiger partial charge on any atom is -0.464 e. The van der Waals surface area contributed by atoms with Crippen LogP contribution in [0.5, 0.6) is 0 Å². The van der Waals surface area contributed by atoms with Gasteiger partial charge in [0, 0.05) is 12.2 Å². The number of hydrogen-bond acceptors (Lipinski definition) is 4. The van der Waals surface area contributed by atoms with E-state index in [0.29, 0.717) is 17.8 Å². The van der Waals surface area contributed by atoms with Crippen molar-refractivity contribution in [3.8, 4) is 6.07 Å². The van der Waals surface area contributed by atoms with Crippen LogP contribution in [0, 0.1) is 18.3 Å². The summed E-state index contributed by atoms with van der Waals surface area (Å²) in [7, 11) is 1.29. The molecule has 0 aliphatic rings. The molecule has 0 saturated heterocycles. The predicted octanol–water partition coefficient (Wildman–Crippen LogP) is 2.09. The first-order chi connectivity index (χ1) is 9.60. The van der Waals surface area contributed by atoms with Crippen molar-refractivity contribution in [1.82, 2.24) is 4.57 Å². The van der Waals surface area contributed by atoms with E-state index in [9.17, 15) is 4.79 Å². The second-order valence-corrected chi connectivity index (χ2v) is 4.40. The average Bonchev–Trinajstić information content (AvgIpc) is 2.70. The smallest absolute Gasteiger partial charge is 0.356 e. The lowest BCUT2D eigenvalue weighted by molar-refractivity contribution is 0.0590. The van der Waals surface area contributed by atoms with Crippen LogP contribution < -0.4 is 5.73 Å². The summed E-state index contributed by atoms with van der Waals surface area (Å²) < 4.78 is 6.48. The number of methoxy groups -OCH3 is 1. The first kappa shape index (κ1) is 13.7. The lowest BCUT2D eigenvalue weighted by Gasteiger charge is -2.10. The zero-order chi connectivity index (χ0) is 14.7. The fourth-order valence-electron chi connectivity index (χ4n) is 2.18. The maximum absolute atomic E-state index is 11.9. The standard InChI is InChI=1S/C15H15N3O2/c1-10-12(8-16)13(17)14(15(19)20-2)18(10)9-11-6-4-3-5-7-11/h3-7H,9,17H2,1-2H3. The molecule has 0 saturated carbocycles. The number of carbonyl (C=O) groups is 1. The number of rotatable bonds is 3. The van der Waals surface area contributed by atoms with Crippen molar-refractivity contribution >= 4 is 11.7 Å². The maximum Gasteiger partial charge on any atom is 0.356 e. The number of ether oxygens (including phenoxy) is 1. The van der Waals surface area contributed by atoms with Gasteiger partial charge >= 0.3 is 5.97 Å². The van der Waals surface area contributed by atoms with Crippen LogP contribution in [-0.4, -0.2) is 17.6 Å². The molecule has 5 heteroatoms. The SMILES string of the molecule is COC(=O)c1c(N)c(C#N)c(C)n1Cc1ccccc1. The van der Waals surface area contributed by atoms with Gasteiger partial charge in [-0.1, -0.05) is 30.3 Å². The second kappa shape index (κ2) is 5.49. The van der Waals surface area contributed by atoms with Gasteiger partial charge in [-0.25, -0.2) is 4.79 Å². The number of aromatic nitrogens is 1. The largest absolute Gasteiger partial charge is 0.464 e. The Labute approximate surface area is 117 Å². The van der Waals surface area contributed by atoms with Crippen LogP contribution in [0.4, 0.5) is 5.69 Å². The Bertz CT molecular complexity index is 681. The third-order valence-electron chi connectivity index (χ3n) is 3.24. The summed E-state index contributed by atoms with van der Waals surface area (Å²) in [6, 6.07) is 11.7. The van der Waals surface area contributed by atoms with Gasteiger partial charge in [-0.2, -0.15) is 5.26 Å². The van der Waals surface area contributed by atoms with Crippen molar-refractivity contribution in [2.24, 2.45) is 0 Å². The highest BCUT2D eigenvalue weighted by molar-refractivity contribution is 5.95. The summed E-state index contributed by atoms with van der Waals surface area (Å²) in [5.74, 6) is -0.539. The van der Waals surface area contributed by atoms with Crippen LogP contribution in [0.1, 0.15) is 27.3 Å². The molecule has 0 bridgehead atoms. The average molecular weight is 269 g/mol. The van der Waals surface area contributed by atoms with Gasteiger partial charge in [0.2, 0.25) is 0 Å². The van der Waals surface area contributed by atoms with E-state index in [-0.39, 0.29) is 11.4 Å². The summed E-state index contributed by atoms with van der Waals surface area (Å²) in [5, 5.41) is 9.16. The predicted molar refractivity (Wildman–Crippen MR) is 75.2 cm³/mol. The molecule has 20 heavy (non-hydrogen) atoms. The Kier molecular flexibility index (Phi) is 3.76. The fourth-order valence-corrected chi connectivity index (χ4v) is 2.18. The summed E-state index contributed by atoms with van der Waals surface area (Å²) >= 11 is 0. The molecular formula is C15H15N3O2. The zero-order valence-corrected chi connectivity index (χ0v) is 11.4. The molecule has 0 amide bonds. The molecule has 0 unspecified atom stereocenters.